The molecule has 1 fully saturated rings. The maximum Gasteiger partial charge on any atom is 0.160 e. The molecular formula is C13H15Cl2N3O. The van der Waals surface area contributed by atoms with Crippen molar-refractivity contribution in [3.8, 4) is 0 Å². The first kappa shape index (κ1) is 13.2. The van der Waals surface area contributed by atoms with Gasteiger partial charge in [-0.15, -0.1) is 11.6 Å². The van der Waals surface area contributed by atoms with Gasteiger partial charge in [-0.1, -0.05) is 11.6 Å². The van der Waals surface area contributed by atoms with Crippen molar-refractivity contribution >= 4 is 34.4 Å². The Kier molecular flexibility index (Phi) is 3.65. The molecule has 19 heavy (non-hydrogen) atoms. The van der Waals surface area contributed by atoms with Crippen LogP contribution in [0, 0.1) is 5.92 Å². The number of alkyl halides is 1. The van der Waals surface area contributed by atoms with Crippen LogP contribution in [-0.2, 0) is 10.6 Å². The van der Waals surface area contributed by atoms with Gasteiger partial charge in [-0.3, -0.25) is 0 Å². The molecule has 0 bridgehead atoms. The zero-order chi connectivity index (χ0) is 13.4. The lowest BCUT2D eigenvalue weighted by molar-refractivity contribution is 0.175. The van der Waals surface area contributed by atoms with Crippen molar-refractivity contribution in [3.05, 3.63) is 23.1 Å². The lowest BCUT2D eigenvalue weighted by Gasteiger charge is -2.21. The number of nitrogens with zero attached hydrogens (tertiary/aromatic N) is 3. The Morgan fingerprint density at radius 1 is 1.58 bits per heavy atom. The van der Waals surface area contributed by atoms with Crippen LogP contribution in [0.25, 0.3) is 11.2 Å². The van der Waals surface area contributed by atoms with E-state index in [1.165, 1.54) is 0 Å². The van der Waals surface area contributed by atoms with Crippen molar-refractivity contribution in [1.29, 1.82) is 0 Å². The third-order valence-electron chi connectivity index (χ3n) is 3.74. The number of hydrogen-bond acceptors (Lipinski definition) is 3. The molecule has 0 aliphatic carbocycles. The van der Waals surface area contributed by atoms with E-state index < -0.39 is 0 Å². The van der Waals surface area contributed by atoms with Gasteiger partial charge in [-0.05, 0) is 19.4 Å². The highest BCUT2D eigenvalue weighted by Gasteiger charge is 2.27. The van der Waals surface area contributed by atoms with Gasteiger partial charge in [-0.25, -0.2) is 9.97 Å². The quantitative estimate of drug-likeness (QED) is 0.815. The topological polar surface area (TPSA) is 39.9 Å². The molecule has 0 aromatic carbocycles. The Hall–Kier alpha value is -0.840. The molecule has 1 aliphatic rings. The Labute approximate surface area is 121 Å². The van der Waals surface area contributed by atoms with E-state index in [1.807, 2.05) is 6.07 Å². The van der Waals surface area contributed by atoms with E-state index in [-0.39, 0.29) is 6.04 Å². The number of imidazole rings is 1. The van der Waals surface area contributed by atoms with Gasteiger partial charge in [-0.2, -0.15) is 0 Å². The first-order valence-corrected chi connectivity index (χ1v) is 7.28. The molecule has 0 amide bonds. The molecule has 3 heterocycles. The van der Waals surface area contributed by atoms with Gasteiger partial charge < -0.3 is 9.30 Å². The lowest BCUT2D eigenvalue weighted by Crippen LogP contribution is -2.19. The average Bonchev–Trinajstić information content (AvgIpc) is 3.04. The summed E-state index contributed by atoms with van der Waals surface area (Å²) in [5.74, 6) is 1.69. The smallest absolute Gasteiger partial charge is 0.160 e. The van der Waals surface area contributed by atoms with E-state index in [0.29, 0.717) is 16.8 Å². The number of ether oxygens (including phenoxy) is 1. The van der Waals surface area contributed by atoms with E-state index in [2.05, 4.69) is 21.5 Å². The minimum absolute atomic E-state index is 0.273. The molecule has 0 spiro atoms. The molecular weight excluding hydrogens is 285 g/mol. The Morgan fingerprint density at radius 2 is 2.42 bits per heavy atom. The molecule has 2 aromatic rings. The fraction of sp³-hybridized carbons (Fsp3) is 0.538. The molecule has 2 aromatic heterocycles. The van der Waals surface area contributed by atoms with Crippen LogP contribution in [0.1, 0.15) is 25.2 Å². The minimum Gasteiger partial charge on any atom is -0.381 e. The summed E-state index contributed by atoms with van der Waals surface area (Å²) in [6, 6.07) is 2.10. The first-order valence-electron chi connectivity index (χ1n) is 6.36. The van der Waals surface area contributed by atoms with Gasteiger partial charge in [0.05, 0.1) is 17.5 Å². The predicted molar refractivity (Wildman–Crippen MR) is 75.7 cm³/mol. The molecule has 102 valence electrons. The third kappa shape index (κ3) is 2.33. The van der Waals surface area contributed by atoms with Gasteiger partial charge in [0.15, 0.2) is 5.65 Å². The highest BCUT2D eigenvalue weighted by Crippen LogP contribution is 2.31. The second-order valence-corrected chi connectivity index (χ2v) is 5.60. The SMILES string of the molecule is CC(C1CCOC1)n1c(CCl)nc2cc(Cl)cnc21. The summed E-state index contributed by atoms with van der Waals surface area (Å²) < 4.78 is 7.60. The van der Waals surface area contributed by atoms with Gasteiger partial charge in [0.1, 0.15) is 11.3 Å². The van der Waals surface area contributed by atoms with Crippen LogP contribution in [0.15, 0.2) is 12.3 Å². The third-order valence-corrected chi connectivity index (χ3v) is 4.19. The Bertz CT molecular complexity index is 593. The van der Waals surface area contributed by atoms with Gasteiger partial charge in [0, 0.05) is 24.8 Å². The van der Waals surface area contributed by atoms with Crippen molar-refractivity contribution in [3.63, 3.8) is 0 Å². The summed E-state index contributed by atoms with van der Waals surface area (Å²) in [5, 5.41) is 0.593. The number of hydrogen-bond donors (Lipinski definition) is 0. The molecule has 0 saturated carbocycles. The Balaban J connectivity index is 2.09. The van der Waals surface area contributed by atoms with Crippen molar-refractivity contribution in [1.82, 2.24) is 14.5 Å². The molecule has 2 unspecified atom stereocenters. The van der Waals surface area contributed by atoms with Crippen molar-refractivity contribution in [2.75, 3.05) is 13.2 Å². The van der Waals surface area contributed by atoms with Gasteiger partial charge >= 0.3 is 0 Å². The van der Waals surface area contributed by atoms with Crippen LogP contribution in [0.5, 0.6) is 0 Å². The number of halogens is 2. The molecule has 2 atom stereocenters. The van der Waals surface area contributed by atoms with Crippen LogP contribution >= 0.6 is 23.2 Å². The molecule has 3 rings (SSSR count). The largest absolute Gasteiger partial charge is 0.381 e. The highest BCUT2D eigenvalue weighted by molar-refractivity contribution is 6.31. The zero-order valence-corrected chi connectivity index (χ0v) is 12.2. The second kappa shape index (κ2) is 5.27. The molecule has 1 saturated heterocycles. The van der Waals surface area contributed by atoms with Crippen LogP contribution in [0.4, 0.5) is 0 Å². The Morgan fingerprint density at radius 3 is 3.11 bits per heavy atom. The van der Waals surface area contributed by atoms with Crippen LogP contribution < -0.4 is 0 Å². The van der Waals surface area contributed by atoms with Crippen LogP contribution in [0.3, 0.4) is 0 Å². The van der Waals surface area contributed by atoms with Crippen molar-refractivity contribution in [2.45, 2.75) is 25.3 Å². The van der Waals surface area contributed by atoms with E-state index in [1.54, 1.807) is 6.20 Å². The normalized spacial score (nSPS) is 21.1. The van der Waals surface area contributed by atoms with Crippen molar-refractivity contribution < 1.29 is 4.74 Å². The average molecular weight is 300 g/mol. The fourth-order valence-corrected chi connectivity index (χ4v) is 3.01. The van der Waals surface area contributed by atoms with Gasteiger partial charge in [0.25, 0.3) is 0 Å². The summed E-state index contributed by atoms with van der Waals surface area (Å²) in [4.78, 5) is 8.94. The molecule has 0 N–H and O–H groups in total. The van der Waals surface area contributed by atoms with Crippen molar-refractivity contribution in [2.24, 2.45) is 5.92 Å². The van der Waals surface area contributed by atoms with Crippen LogP contribution in [-0.4, -0.2) is 27.7 Å². The number of rotatable bonds is 3. The van der Waals surface area contributed by atoms with Gasteiger partial charge in [0.2, 0.25) is 0 Å². The number of pyridine rings is 1. The van der Waals surface area contributed by atoms with E-state index in [0.717, 1.165) is 36.6 Å². The van der Waals surface area contributed by atoms with E-state index in [4.69, 9.17) is 27.9 Å². The van der Waals surface area contributed by atoms with E-state index in [9.17, 15) is 0 Å². The summed E-state index contributed by atoms with van der Waals surface area (Å²) in [7, 11) is 0. The minimum atomic E-state index is 0.273. The fourth-order valence-electron chi connectivity index (χ4n) is 2.67. The number of aromatic nitrogens is 3. The zero-order valence-electron chi connectivity index (χ0n) is 10.6. The standard InChI is InChI=1S/C13H15Cl2N3O/c1-8(9-2-3-19-7-9)18-12(5-14)17-11-4-10(15)6-16-13(11)18/h4,6,8-9H,2-3,5,7H2,1H3. The monoisotopic (exact) mass is 299 g/mol. The molecule has 6 heteroatoms. The number of fused-ring (bicyclic) bond motifs is 1. The van der Waals surface area contributed by atoms with Crippen LogP contribution in [0.2, 0.25) is 5.02 Å². The second-order valence-electron chi connectivity index (χ2n) is 4.89. The lowest BCUT2D eigenvalue weighted by atomic mass is 10.0. The maximum atomic E-state index is 6.02. The summed E-state index contributed by atoms with van der Waals surface area (Å²) in [5.41, 5.74) is 1.65. The predicted octanol–water partition coefficient (Wildman–Crippen LogP) is 3.42. The molecule has 1 aliphatic heterocycles. The first-order chi connectivity index (χ1) is 9.20. The highest BCUT2D eigenvalue weighted by atomic mass is 35.5. The summed E-state index contributed by atoms with van der Waals surface area (Å²) >= 11 is 12.0. The molecule has 4 nitrogen and oxygen atoms in total. The maximum absolute atomic E-state index is 6.02. The van der Waals surface area contributed by atoms with E-state index >= 15 is 0 Å². The summed E-state index contributed by atoms with van der Waals surface area (Å²) in [6.45, 7) is 3.79. The summed E-state index contributed by atoms with van der Waals surface area (Å²) in [6.07, 6.45) is 2.72. The molecule has 0 radical (unpaired) electrons.